The lowest BCUT2D eigenvalue weighted by molar-refractivity contribution is 0.0950. The first-order chi connectivity index (χ1) is 12.9. The second kappa shape index (κ2) is 6.85. The van der Waals surface area contributed by atoms with Crippen LogP contribution < -0.4 is 5.32 Å². The molecule has 2 aromatic carbocycles. The Morgan fingerprint density at radius 3 is 2.78 bits per heavy atom. The Labute approximate surface area is 164 Å². The van der Waals surface area contributed by atoms with Gasteiger partial charge in [0.1, 0.15) is 11.5 Å². The topological polar surface area (TPSA) is 60.7 Å². The van der Waals surface area contributed by atoms with Crippen molar-refractivity contribution < 1.29 is 9.18 Å². The number of carbonyl (C=O) groups excluding carboxylic acids is 1. The third-order valence-corrected chi connectivity index (χ3v) is 5.41. The number of hydrogen-bond donors (Lipinski definition) is 3. The fourth-order valence-electron chi connectivity index (χ4n) is 3.57. The van der Waals surface area contributed by atoms with Crippen molar-refractivity contribution in [2.75, 3.05) is 6.54 Å². The summed E-state index contributed by atoms with van der Waals surface area (Å²) in [5.41, 5.74) is 4.98. The lowest BCUT2D eigenvalue weighted by Crippen LogP contribution is -2.26. The summed E-state index contributed by atoms with van der Waals surface area (Å²) < 4.78 is 15.0. The van der Waals surface area contributed by atoms with Crippen LogP contribution >= 0.6 is 15.9 Å². The highest BCUT2D eigenvalue weighted by molar-refractivity contribution is 9.10. The van der Waals surface area contributed by atoms with Gasteiger partial charge in [-0.05, 0) is 55.7 Å². The van der Waals surface area contributed by atoms with E-state index in [1.807, 2.05) is 38.1 Å². The van der Waals surface area contributed by atoms with E-state index in [0.717, 1.165) is 37.6 Å². The zero-order chi connectivity index (χ0) is 19.1. The van der Waals surface area contributed by atoms with Crippen LogP contribution in [0.1, 0.15) is 27.3 Å². The summed E-state index contributed by atoms with van der Waals surface area (Å²) in [4.78, 5) is 18.7. The average Bonchev–Trinajstić information content (AvgIpc) is 3.20. The van der Waals surface area contributed by atoms with Crippen LogP contribution in [-0.4, -0.2) is 22.4 Å². The minimum absolute atomic E-state index is 0.150. The van der Waals surface area contributed by atoms with Gasteiger partial charge in [0.25, 0.3) is 5.91 Å². The van der Waals surface area contributed by atoms with E-state index in [1.165, 1.54) is 6.07 Å². The van der Waals surface area contributed by atoms with Crippen LogP contribution in [-0.2, 0) is 6.42 Å². The Kier molecular flexibility index (Phi) is 4.52. The maximum absolute atomic E-state index is 14.1. The predicted octanol–water partition coefficient (Wildman–Crippen LogP) is 5.14. The standard InChI is InChI=1S/C21H19BrFN3O/c1-11-3-6-16(23)20-19(11)15(12(2)25-20)7-8-24-21(27)18-9-13-4-5-14(22)10-17(13)26-18/h3-6,9-10,25-26H,7-8H2,1-2H3,(H,24,27). The molecular formula is C21H19BrFN3O. The molecule has 138 valence electrons. The molecular weight excluding hydrogens is 409 g/mol. The molecule has 0 saturated heterocycles. The third-order valence-electron chi connectivity index (χ3n) is 4.92. The van der Waals surface area contributed by atoms with Crippen molar-refractivity contribution in [3.8, 4) is 0 Å². The fraction of sp³-hybridized carbons (Fsp3) is 0.190. The number of carbonyl (C=O) groups is 1. The molecule has 0 atom stereocenters. The van der Waals surface area contributed by atoms with E-state index in [4.69, 9.17) is 0 Å². The van der Waals surface area contributed by atoms with Crippen LogP contribution in [0, 0.1) is 19.7 Å². The number of benzene rings is 2. The van der Waals surface area contributed by atoms with Crippen molar-refractivity contribution in [3.63, 3.8) is 0 Å². The number of amides is 1. The Balaban J connectivity index is 1.51. The van der Waals surface area contributed by atoms with E-state index in [2.05, 4.69) is 31.2 Å². The highest BCUT2D eigenvalue weighted by Crippen LogP contribution is 2.28. The maximum atomic E-state index is 14.1. The Hall–Kier alpha value is -2.60. The summed E-state index contributed by atoms with van der Waals surface area (Å²) in [5, 5.41) is 4.85. The predicted molar refractivity (Wildman–Crippen MR) is 110 cm³/mol. The molecule has 4 rings (SSSR count). The number of halogens is 2. The number of nitrogens with one attached hydrogen (secondary N) is 3. The molecule has 2 aromatic heterocycles. The summed E-state index contributed by atoms with van der Waals surface area (Å²) in [5.74, 6) is -0.402. The molecule has 0 radical (unpaired) electrons. The van der Waals surface area contributed by atoms with Crippen LogP contribution in [0.25, 0.3) is 21.8 Å². The molecule has 0 saturated carbocycles. The van der Waals surface area contributed by atoms with Crippen LogP contribution in [0.5, 0.6) is 0 Å². The molecule has 3 N–H and O–H groups in total. The van der Waals surface area contributed by atoms with Crippen molar-refractivity contribution in [3.05, 3.63) is 69.2 Å². The van der Waals surface area contributed by atoms with Crippen molar-refractivity contribution in [2.24, 2.45) is 0 Å². The molecule has 0 aliphatic carbocycles. The van der Waals surface area contributed by atoms with Gasteiger partial charge in [-0.2, -0.15) is 0 Å². The Morgan fingerprint density at radius 1 is 1.15 bits per heavy atom. The first kappa shape index (κ1) is 17.8. The van der Waals surface area contributed by atoms with E-state index in [1.54, 1.807) is 6.07 Å². The largest absolute Gasteiger partial charge is 0.356 e. The number of hydrogen-bond acceptors (Lipinski definition) is 1. The summed E-state index contributed by atoms with van der Waals surface area (Å²) in [6.45, 7) is 4.38. The number of aromatic amines is 2. The zero-order valence-electron chi connectivity index (χ0n) is 15.0. The van der Waals surface area contributed by atoms with Gasteiger partial charge in [0.05, 0.1) is 5.52 Å². The quantitative estimate of drug-likeness (QED) is 0.414. The van der Waals surface area contributed by atoms with Crippen molar-refractivity contribution in [2.45, 2.75) is 20.3 Å². The molecule has 2 heterocycles. The third kappa shape index (κ3) is 3.25. The normalized spacial score (nSPS) is 11.4. The van der Waals surface area contributed by atoms with Crippen molar-refractivity contribution in [1.82, 2.24) is 15.3 Å². The van der Waals surface area contributed by atoms with E-state index in [-0.39, 0.29) is 11.7 Å². The second-order valence-corrected chi connectivity index (χ2v) is 7.68. The lowest BCUT2D eigenvalue weighted by atomic mass is 10.0. The van der Waals surface area contributed by atoms with Gasteiger partial charge < -0.3 is 15.3 Å². The number of rotatable bonds is 4. The first-order valence-electron chi connectivity index (χ1n) is 8.77. The fourth-order valence-corrected chi connectivity index (χ4v) is 3.93. The molecule has 4 aromatic rings. The van der Waals surface area contributed by atoms with E-state index >= 15 is 0 Å². The van der Waals surface area contributed by atoms with Crippen LogP contribution in [0.4, 0.5) is 4.39 Å². The highest BCUT2D eigenvalue weighted by atomic mass is 79.9. The van der Waals surface area contributed by atoms with Crippen LogP contribution in [0.15, 0.2) is 40.9 Å². The molecule has 1 amide bonds. The smallest absolute Gasteiger partial charge is 0.267 e. The summed E-state index contributed by atoms with van der Waals surface area (Å²) in [6.07, 6.45) is 0.633. The van der Waals surface area contributed by atoms with E-state index in [0.29, 0.717) is 24.2 Å². The van der Waals surface area contributed by atoms with Crippen molar-refractivity contribution >= 4 is 43.6 Å². The maximum Gasteiger partial charge on any atom is 0.267 e. The molecule has 0 aliphatic rings. The van der Waals surface area contributed by atoms with Gasteiger partial charge in [0.15, 0.2) is 0 Å². The van der Waals surface area contributed by atoms with Gasteiger partial charge in [-0.1, -0.05) is 28.1 Å². The van der Waals surface area contributed by atoms with Crippen LogP contribution in [0.3, 0.4) is 0 Å². The molecule has 0 spiro atoms. The monoisotopic (exact) mass is 427 g/mol. The lowest BCUT2D eigenvalue weighted by Gasteiger charge is -2.06. The highest BCUT2D eigenvalue weighted by Gasteiger charge is 2.15. The van der Waals surface area contributed by atoms with Gasteiger partial charge >= 0.3 is 0 Å². The Morgan fingerprint density at radius 2 is 1.96 bits per heavy atom. The summed E-state index contributed by atoms with van der Waals surface area (Å²) >= 11 is 3.43. The van der Waals surface area contributed by atoms with Gasteiger partial charge in [-0.15, -0.1) is 0 Å². The summed E-state index contributed by atoms with van der Waals surface area (Å²) in [7, 11) is 0. The molecule has 0 aliphatic heterocycles. The molecule has 0 bridgehead atoms. The van der Waals surface area contributed by atoms with E-state index < -0.39 is 0 Å². The average molecular weight is 428 g/mol. The van der Waals surface area contributed by atoms with Gasteiger partial charge in [0, 0.05) is 33.0 Å². The number of fused-ring (bicyclic) bond motifs is 2. The SMILES string of the molecule is Cc1[nH]c2c(F)ccc(C)c2c1CCNC(=O)c1cc2ccc(Br)cc2[nH]1. The molecule has 4 nitrogen and oxygen atoms in total. The first-order valence-corrected chi connectivity index (χ1v) is 9.56. The van der Waals surface area contributed by atoms with Crippen LogP contribution in [0.2, 0.25) is 0 Å². The Bertz CT molecular complexity index is 1180. The minimum atomic E-state index is -0.252. The summed E-state index contributed by atoms with van der Waals surface area (Å²) in [6, 6.07) is 11.0. The van der Waals surface area contributed by atoms with E-state index in [9.17, 15) is 9.18 Å². The van der Waals surface area contributed by atoms with Gasteiger partial charge in [0.2, 0.25) is 0 Å². The van der Waals surface area contributed by atoms with Crippen molar-refractivity contribution in [1.29, 1.82) is 0 Å². The molecule has 0 unspecified atom stereocenters. The minimum Gasteiger partial charge on any atom is -0.356 e. The van der Waals surface area contributed by atoms with Gasteiger partial charge in [-0.25, -0.2) is 4.39 Å². The zero-order valence-corrected chi connectivity index (χ0v) is 16.6. The van der Waals surface area contributed by atoms with Gasteiger partial charge in [-0.3, -0.25) is 4.79 Å². The molecule has 6 heteroatoms. The number of aryl methyl sites for hydroxylation is 2. The number of H-pyrrole nitrogens is 2. The second-order valence-electron chi connectivity index (χ2n) is 6.76. The number of aromatic nitrogens is 2. The molecule has 0 fully saturated rings. The molecule has 27 heavy (non-hydrogen) atoms.